The van der Waals surface area contributed by atoms with Gasteiger partial charge in [-0.1, -0.05) is 164 Å². The zero-order valence-electron chi connectivity index (χ0n) is 36.7. The van der Waals surface area contributed by atoms with Crippen LogP contribution in [0.1, 0.15) is 155 Å². The third-order valence-electron chi connectivity index (χ3n) is 10.1. The first kappa shape index (κ1) is 55.8. The zero-order valence-corrected chi connectivity index (χ0v) is 37.6. The summed E-state index contributed by atoms with van der Waals surface area (Å²) < 4.78 is 34.1. The number of unbranched alkanes of at least 4 members (excludes halogenated alkanes) is 13. The molecule has 60 heavy (non-hydrogen) atoms. The molecule has 0 aromatic carbocycles. The third-order valence-corrected chi connectivity index (χ3v) is 11.1. The topological polar surface area (TPSA) is 192 Å². The number of allylic oxidation sites excluding steroid dienone is 12. The van der Waals surface area contributed by atoms with E-state index in [1.54, 1.807) is 0 Å². The van der Waals surface area contributed by atoms with Gasteiger partial charge >= 0.3 is 13.8 Å². The van der Waals surface area contributed by atoms with Crippen LogP contribution >= 0.6 is 7.82 Å². The molecule has 13 heteroatoms. The maximum atomic E-state index is 12.8. The lowest BCUT2D eigenvalue weighted by molar-refractivity contribution is -0.220. The number of hydrogen-bond acceptors (Lipinski definition) is 11. The van der Waals surface area contributed by atoms with E-state index in [0.29, 0.717) is 19.4 Å². The van der Waals surface area contributed by atoms with E-state index in [9.17, 15) is 39.8 Å². The van der Waals surface area contributed by atoms with Crippen molar-refractivity contribution in [3.63, 3.8) is 0 Å². The largest absolute Gasteiger partial charge is 0.472 e. The molecule has 0 saturated heterocycles. The molecule has 1 rings (SSSR count). The van der Waals surface area contributed by atoms with E-state index in [2.05, 4.69) is 86.8 Å². The first-order valence-electron chi connectivity index (χ1n) is 22.8. The number of phosphoric ester groups is 1. The van der Waals surface area contributed by atoms with Crippen molar-refractivity contribution in [2.24, 2.45) is 0 Å². The Hall–Kier alpha value is -2.22. The van der Waals surface area contributed by atoms with Crippen molar-refractivity contribution in [1.82, 2.24) is 0 Å². The van der Waals surface area contributed by atoms with Gasteiger partial charge in [0.15, 0.2) is 0 Å². The second-order valence-corrected chi connectivity index (χ2v) is 16.9. The molecule has 1 fully saturated rings. The summed E-state index contributed by atoms with van der Waals surface area (Å²) >= 11 is 0. The van der Waals surface area contributed by atoms with E-state index < -0.39 is 63.1 Å². The molecule has 0 aromatic heterocycles. The normalized spacial score (nSPS) is 23.0. The number of carbonyl (C=O) groups excluding carboxylic acids is 1. The van der Waals surface area contributed by atoms with Gasteiger partial charge in [0.2, 0.25) is 0 Å². The summed E-state index contributed by atoms with van der Waals surface area (Å²) in [6.07, 6.45) is 35.5. The SMILES string of the molecule is CC/C=C\C/C=C\C/C=C\C/C=C\C/C=C\C/C=C\CCCOCC(COP(=O)(O)OC1C(O)C(O)C(O)C(O)C1O)OC(=O)CCCCCCCCCCCCCCC. The molecular weight excluding hydrogens is 787 g/mol. The smallest absolute Gasteiger partial charge is 0.457 e. The quantitative estimate of drug-likeness (QED) is 0.0150. The average molecular weight is 869 g/mol. The fourth-order valence-corrected chi connectivity index (χ4v) is 7.46. The van der Waals surface area contributed by atoms with Gasteiger partial charge < -0.3 is 39.9 Å². The maximum absolute atomic E-state index is 12.8. The highest BCUT2D eigenvalue weighted by Gasteiger charge is 2.51. The second-order valence-electron chi connectivity index (χ2n) is 15.5. The molecule has 0 bridgehead atoms. The van der Waals surface area contributed by atoms with Gasteiger partial charge in [0.25, 0.3) is 0 Å². The highest BCUT2D eigenvalue weighted by molar-refractivity contribution is 7.47. The Kier molecular flexibility index (Phi) is 34.7. The molecule has 6 atom stereocenters. The molecule has 0 spiro atoms. The summed E-state index contributed by atoms with van der Waals surface area (Å²) in [6.45, 7) is 3.98. The van der Waals surface area contributed by atoms with Crippen molar-refractivity contribution < 1.29 is 58.3 Å². The molecule has 0 heterocycles. The van der Waals surface area contributed by atoms with Crippen LogP contribution < -0.4 is 0 Å². The standard InChI is InChI=1S/C47H81O12P/c1-3-5-7-9-11-13-15-17-18-19-20-21-22-23-25-27-29-31-33-35-37-56-38-40(39-57-60(54,55)59-47-45(52)43(50)42(49)44(51)46(47)53)58-41(48)36-34-32-30-28-26-24-16-14-12-10-8-6-4-2/h5,7,11,13,17-18,20-21,23,25,29,31,40,42-47,49-53H,3-4,6,8-10,12,14-16,19,22,24,26-28,30,32-39H2,1-2H3,(H,54,55)/b7-5-,13-11-,18-17-,21-20-,25-23-,31-29-. The Morgan fingerprint density at radius 2 is 0.967 bits per heavy atom. The number of phosphoric acid groups is 1. The minimum absolute atomic E-state index is 0.119. The Labute approximate surface area is 361 Å². The van der Waals surface area contributed by atoms with E-state index >= 15 is 0 Å². The fraction of sp³-hybridized carbons (Fsp3) is 0.723. The Bertz CT molecular complexity index is 1260. The van der Waals surface area contributed by atoms with Crippen molar-refractivity contribution in [3.05, 3.63) is 72.9 Å². The number of aliphatic hydroxyl groups excluding tert-OH is 5. The van der Waals surface area contributed by atoms with E-state index in [1.807, 2.05) is 0 Å². The molecule has 6 unspecified atom stereocenters. The summed E-state index contributed by atoms with van der Waals surface area (Å²) in [5.74, 6) is -0.500. The van der Waals surface area contributed by atoms with Gasteiger partial charge in [-0.25, -0.2) is 4.57 Å². The van der Waals surface area contributed by atoms with Crippen molar-refractivity contribution >= 4 is 13.8 Å². The van der Waals surface area contributed by atoms with Gasteiger partial charge in [-0.3, -0.25) is 13.8 Å². The number of aliphatic hydroxyl groups is 5. The summed E-state index contributed by atoms with van der Waals surface area (Å²) in [5.41, 5.74) is 0. The highest BCUT2D eigenvalue weighted by Crippen LogP contribution is 2.47. The summed E-state index contributed by atoms with van der Waals surface area (Å²) in [5, 5.41) is 50.1. The zero-order chi connectivity index (χ0) is 44.1. The monoisotopic (exact) mass is 869 g/mol. The summed E-state index contributed by atoms with van der Waals surface area (Å²) in [6, 6.07) is 0. The van der Waals surface area contributed by atoms with Crippen LogP contribution in [-0.2, 0) is 27.9 Å². The number of ether oxygens (including phenoxy) is 2. The Morgan fingerprint density at radius 1 is 0.550 bits per heavy atom. The van der Waals surface area contributed by atoms with Crippen molar-refractivity contribution in [2.75, 3.05) is 19.8 Å². The van der Waals surface area contributed by atoms with Crippen LogP contribution in [0.4, 0.5) is 0 Å². The van der Waals surface area contributed by atoms with Crippen LogP contribution in [0.2, 0.25) is 0 Å². The molecule has 0 aliphatic heterocycles. The van der Waals surface area contributed by atoms with Gasteiger partial charge in [-0.15, -0.1) is 0 Å². The van der Waals surface area contributed by atoms with Crippen molar-refractivity contribution in [2.45, 2.75) is 198 Å². The van der Waals surface area contributed by atoms with E-state index in [1.165, 1.54) is 57.8 Å². The summed E-state index contributed by atoms with van der Waals surface area (Å²) in [4.78, 5) is 23.1. The van der Waals surface area contributed by atoms with Crippen molar-refractivity contribution in [3.8, 4) is 0 Å². The Balaban J connectivity index is 2.45. The van der Waals surface area contributed by atoms with E-state index in [4.69, 9.17) is 18.5 Å². The maximum Gasteiger partial charge on any atom is 0.472 e. The van der Waals surface area contributed by atoms with Crippen LogP contribution in [0.15, 0.2) is 72.9 Å². The molecule has 1 aliphatic carbocycles. The molecule has 0 radical (unpaired) electrons. The molecule has 0 aromatic rings. The third kappa shape index (κ3) is 29.1. The van der Waals surface area contributed by atoms with Crippen LogP contribution in [0, 0.1) is 0 Å². The van der Waals surface area contributed by atoms with Crippen LogP contribution in [0.3, 0.4) is 0 Å². The first-order chi connectivity index (χ1) is 29.0. The lowest BCUT2D eigenvalue weighted by Crippen LogP contribution is -2.64. The second kappa shape index (κ2) is 37.3. The highest BCUT2D eigenvalue weighted by atomic mass is 31.2. The fourth-order valence-electron chi connectivity index (χ4n) is 6.49. The van der Waals surface area contributed by atoms with Crippen LogP contribution in [0.25, 0.3) is 0 Å². The molecule has 1 aliphatic rings. The van der Waals surface area contributed by atoms with Gasteiger partial charge in [0, 0.05) is 13.0 Å². The minimum Gasteiger partial charge on any atom is -0.457 e. The number of rotatable bonds is 37. The van der Waals surface area contributed by atoms with Gasteiger partial charge in [0.05, 0.1) is 13.2 Å². The minimum atomic E-state index is -5.03. The first-order valence-corrected chi connectivity index (χ1v) is 24.3. The number of esters is 1. The predicted molar refractivity (Wildman–Crippen MR) is 239 cm³/mol. The van der Waals surface area contributed by atoms with Gasteiger partial charge in [0.1, 0.15) is 42.7 Å². The van der Waals surface area contributed by atoms with Crippen LogP contribution in [-0.4, -0.2) is 98.9 Å². The molecule has 12 nitrogen and oxygen atoms in total. The van der Waals surface area contributed by atoms with E-state index in [-0.39, 0.29) is 13.0 Å². The molecule has 346 valence electrons. The lowest BCUT2D eigenvalue weighted by Gasteiger charge is -2.41. The van der Waals surface area contributed by atoms with Crippen LogP contribution in [0.5, 0.6) is 0 Å². The van der Waals surface area contributed by atoms with E-state index in [0.717, 1.165) is 64.2 Å². The molecule has 1 saturated carbocycles. The summed E-state index contributed by atoms with van der Waals surface area (Å²) in [7, 11) is -5.03. The predicted octanol–water partition coefficient (Wildman–Crippen LogP) is 9.19. The number of carbonyl (C=O) groups is 1. The van der Waals surface area contributed by atoms with Gasteiger partial charge in [-0.2, -0.15) is 0 Å². The molecular formula is C47H81O12P. The molecule has 6 N–H and O–H groups in total. The molecule has 0 amide bonds. The Morgan fingerprint density at radius 3 is 1.43 bits per heavy atom. The number of hydrogen-bond donors (Lipinski definition) is 6. The average Bonchev–Trinajstić information content (AvgIpc) is 3.23. The lowest BCUT2D eigenvalue weighted by atomic mass is 9.85. The van der Waals surface area contributed by atoms with Gasteiger partial charge in [-0.05, 0) is 57.8 Å². The van der Waals surface area contributed by atoms with Crippen molar-refractivity contribution in [1.29, 1.82) is 0 Å².